The molecule has 2 fully saturated rings. The lowest BCUT2D eigenvalue weighted by Crippen LogP contribution is -2.48. The molecular weight excluding hydrogens is 278 g/mol. The first-order valence-corrected chi connectivity index (χ1v) is 8.43. The van der Waals surface area contributed by atoms with Gasteiger partial charge in [0.1, 0.15) is 0 Å². The van der Waals surface area contributed by atoms with Crippen molar-refractivity contribution in [1.29, 1.82) is 0 Å². The van der Waals surface area contributed by atoms with Gasteiger partial charge < -0.3 is 19.9 Å². The molecule has 22 heavy (non-hydrogen) atoms. The molecule has 1 aromatic carbocycles. The smallest absolute Gasteiger partial charge is 0.168 e. The van der Waals surface area contributed by atoms with Crippen molar-refractivity contribution in [3.63, 3.8) is 0 Å². The zero-order chi connectivity index (χ0) is 15.4. The van der Waals surface area contributed by atoms with Crippen LogP contribution in [0.3, 0.4) is 0 Å². The van der Waals surface area contributed by atoms with E-state index >= 15 is 0 Å². The van der Waals surface area contributed by atoms with E-state index in [1.54, 1.807) is 0 Å². The first kappa shape index (κ1) is 15.9. The molecule has 1 saturated heterocycles. The lowest BCUT2D eigenvalue weighted by Gasteiger charge is -2.37. The highest BCUT2D eigenvalue weighted by atomic mass is 16.7. The zero-order valence-electron chi connectivity index (χ0n) is 13.3. The molecule has 122 valence electrons. The van der Waals surface area contributed by atoms with Gasteiger partial charge in [0.25, 0.3) is 0 Å². The van der Waals surface area contributed by atoms with E-state index in [2.05, 4.69) is 24.4 Å². The van der Waals surface area contributed by atoms with Gasteiger partial charge in [-0.1, -0.05) is 30.3 Å². The van der Waals surface area contributed by atoms with Crippen LogP contribution in [0.25, 0.3) is 0 Å². The number of hydrogen-bond acceptors (Lipinski definition) is 4. The standard InChI is InChI=1S/C18H27NO3/c1-14(17(20)13-15-5-3-2-4-6-15)19-16-7-9-18(10-8-16)21-11-12-22-18/h2-6,14,16-17,19-20H,7-13H2,1H3/t14-,17-/m1/s1. The van der Waals surface area contributed by atoms with E-state index in [4.69, 9.17) is 9.47 Å². The molecule has 2 atom stereocenters. The van der Waals surface area contributed by atoms with Gasteiger partial charge in [-0.3, -0.25) is 0 Å². The van der Waals surface area contributed by atoms with Gasteiger partial charge in [0.2, 0.25) is 0 Å². The summed E-state index contributed by atoms with van der Waals surface area (Å²) in [6.45, 7) is 3.52. The fourth-order valence-electron chi connectivity index (χ4n) is 3.53. The van der Waals surface area contributed by atoms with Crippen LogP contribution in [0.5, 0.6) is 0 Å². The van der Waals surface area contributed by atoms with Crippen molar-refractivity contribution in [2.24, 2.45) is 0 Å². The first-order chi connectivity index (χ1) is 10.7. The number of hydrogen-bond donors (Lipinski definition) is 2. The summed E-state index contributed by atoms with van der Waals surface area (Å²) in [6, 6.07) is 10.7. The maximum atomic E-state index is 10.4. The molecule has 0 amide bonds. The van der Waals surface area contributed by atoms with E-state index < -0.39 is 0 Å². The van der Waals surface area contributed by atoms with Crippen LogP contribution < -0.4 is 5.32 Å². The average molecular weight is 305 g/mol. The Labute approximate surface area is 132 Å². The second-order valence-corrected chi connectivity index (χ2v) is 6.59. The van der Waals surface area contributed by atoms with Crippen LogP contribution in [0, 0.1) is 0 Å². The van der Waals surface area contributed by atoms with Crippen molar-refractivity contribution < 1.29 is 14.6 Å². The lowest BCUT2D eigenvalue weighted by molar-refractivity contribution is -0.180. The summed E-state index contributed by atoms with van der Waals surface area (Å²) in [4.78, 5) is 0. The van der Waals surface area contributed by atoms with E-state index in [0.717, 1.165) is 38.9 Å². The van der Waals surface area contributed by atoms with E-state index in [1.807, 2.05) is 18.2 Å². The lowest BCUT2D eigenvalue weighted by atomic mass is 9.89. The third-order valence-electron chi connectivity index (χ3n) is 4.92. The Morgan fingerprint density at radius 3 is 2.45 bits per heavy atom. The number of aliphatic hydroxyl groups is 1. The molecule has 1 aromatic rings. The average Bonchev–Trinajstić information content (AvgIpc) is 2.99. The van der Waals surface area contributed by atoms with Gasteiger partial charge in [0, 0.05) is 24.9 Å². The van der Waals surface area contributed by atoms with Gasteiger partial charge >= 0.3 is 0 Å². The zero-order valence-corrected chi connectivity index (χ0v) is 13.3. The van der Waals surface area contributed by atoms with Gasteiger partial charge in [-0.05, 0) is 31.7 Å². The van der Waals surface area contributed by atoms with Crippen molar-refractivity contribution in [2.75, 3.05) is 13.2 Å². The third kappa shape index (κ3) is 3.87. The Morgan fingerprint density at radius 2 is 1.82 bits per heavy atom. The van der Waals surface area contributed by atoms with Gasteiger partial charge in [0.15, 0.2) is 5.79 Å². The van der Waals surface area contributed by atoms with Crippen molar-refractivity contribution in [1.82, 2.24) is 5.32 Å². The summed E-state index contributed by atoms with van der Waals surface area (Å²) in [7, 11) is 0. The highest BCUT2D eigenvalue weighted by Crippen LogP contribution is 2.35. The van der Waals surface area contributed by atoms with Crippen LogP contribution in [0.15, 0.2) is 30.3 Å². The minimum Gasteiger partial charge on any atom is -0.391 e. The number of benzene rings is 1. The minimum atomic E-state index is -0.364. The minimum absolute atomic E-state index is 0.0877. The number of nitrogens with one attached hydrogen (secondary N) is 1. The molecule has 1 aliphatic carbocycles. The second kappa shape index (κ2) is 7.09. The Balaban J connectivity index is 1.44. The fraction of sp³-hybridized carbons (Fsp3) is 0.667. The molecule has 1 spiro atoms. The maximum absolute atomic E-state index is 10.4. The van der Waals surface area contributed by atoms with Crippen LogP contribution >= 0.6 is 0 Å². The number of rotatable bonds is 5. The van der Waals surface area contributed by atoms with Crippen LogP contribution in [0.1, 0.15) is 38.2 Å². The van der Waals surface area contributed by atoms with Crippen LogP contribution in [0.2, 0.25) is 0 Å². The monoisotopic (exact) mass is 305 g/mol. The summed E-state index contributed by atoms with van der Waals surface area (Å²) in [5.41, 5.74) is 1.18. The summed E-state index contributed by atoms with van der Waals surface area (Å²) in [5.74, 6) is -0.302. The molecule has 1 aliphatic heterocycles. The Bertz CT molecular complexity index is 449. The molecule has 0 radical (unpaired) electrons. The van der Waals surface area contributed by atoms with Crippen molar-refractivity contribution in [3.05, 3.63) is 35.9 Å². The maximum Gasteiger partial charge on any atom is 0.168 e. The molecule has 1 heterocycles. The van der Waals surface area contributed by atoms with Crippen molar-refractivity contribution in [2.45, 2.75) is 63.0 Å². The Hall–Kier alpha value is -0.940. The predicted octanol–water partition coefficient (Wildman–Crippen LogP) is 2.25. The SMILES string of the molecule is C[C@@H](NC1CCC2(CC1)OCCO2)[C@H](O)Cc1ccccc1. The van der Waals surface area contributed by atoms with Crippen LogP contribution in [0.4, 0.5) is 0 Å². The topological polar surface area (TPSA) is 50.7 Å². The van der Waals surface area contributed by atoms with E-state index in [0.29, 0.717) is 12.5 Å². The fourth-order valence-corrected chi connectivity index (χ4v) is 3.53. The number of ether oxygens (including phenoxy) is 2. The summed E-state index contributed by atoms with van der Waals surface area (Å²) < 4.78 is 11.5. The molecule has 3 rings (SSSR count). The number of aliphatic hydroxyl groups excluding tert-OH is 1. The van der Waals surface area contributed by atoms with Crippen molar-refractivity contribution in [3.8, 4) is 0 Å². The highest BCUT2D eigenvalue weighted by Gasteiger charge is 2.40. The molecule has 2 aliphatic rings. The second-order valence-electron chi connectivity index (χ2n) is 6.59. The highest BCUT2D eigenvalue weighted by molar-refractivity contribution is 5.15. The van der Waals surface area contributed by atoms with E-state index in [-0.39, 0.29) is 17.9 Å². The van der Waals surface area contributed by atoms with Gasteiger partial charge in [-0.25, -0.2) is 0 Å². The first-order valence-electron chi connectivity index (χ1n) is 8.43. The normalized spacial score (nSPS) is 24.5. The molecule has 4 heteroatoms. The summed E-state index contributed by atoms with van der Waals surface area (Å²) in [5, 5.41) is 14.0. The molecule has 0 aromatic heterocycles. The molecule has 0 unspecified atom stereocenters. The molecule has 2 N–H and O–H groups in total. The molecule has 1 saturated carbocycles. The summed E-state index contributed by atoms with van der Waals surface area (Å²) >= 11 is 0. The van der Waals surface area contributed by atoms with Gasteiger partial charge in [-0.15, -0.1) is 0 Å². The molecule has 0 bridgehead atoms. The summed E-state index contributed by atoms with van der Waals surface area (Å²) in [6.07, 6.45) is 4.32. The predicted molar refractivity (Wildman–Crippen MR) is 85.6 cm³/mol. The van der Waals surface area contributed by atoms with Gasteiger partial charge in [-0.2, -0.15) is 0 Å². The molecule has 4 nitrogen and oxygen atoms in total. The van der Waals surface area contributed by atoms with Crippen LogP contribution in [-0.4, -0.2) is 42.3 Å². The Kier molecular flexibility index (Phi) is 5.14. The molecular formula is C18H27NO3. The third-order valence-corrected chi connectivity index (χ3v) is 4.92. The van der Waals surface area contributed by atoms with Gasteiger partial charge in [0.05, 0.1) is 19.3 Å². The largest absolute Gasteiger partial charge is 0.391 e. The van der Waals surface area contributed by atoms with Crippen LogP contribution in [-0.2, 0) is 15.9 Å². The van der Waals surface area contributed by atoms with E-state index in [1.165, 1.54) is 5.56 Å². The van der Waals surface area contributed by atoms with E-state index in [9.17, 15) is 5.11 Å². The quantitative estimate of drug-likeness (QED) is 0.876. The van der Waals surface area contributed by atoms with Crippen molar-refractivity contribution >= 4 is 0 Å². The Morgan fingerprint density at radius 1 is 1.18 bits per heavy atom.